The summed E-state index contributed by atoms with van der Waals surface area (Å²) in [5.74, 6) is 0.0337. The molecule has 1 aromatic carbocycles. The largest absolute Gasteiger partial charge is 0.497 e. The molecule has 8 heteroatoms. The molecular formula is C25H27N2O5S+. The number of carbonyl (C=O) groups is 2. The Hall–Kier alpha value is -2.68. The Morgan fingerprint density at radius 1 is 1.21 bits per heavy atom. The van der Waals surface area contributed by atoms with Gasteiger partial charge in [0.05, 0.1) is 20.3 Å². The van der Waals surface area contributed by atoms with Gasteiger partial charge in [-0.15, -0.1) is 4.58 Å². The number of benzene rings is 1. The molecule has 1 aliphatic carbocycles. The Balaban J connectivity index is 1.35. The maximum absolute atomic E-state index is 13.5. The van der Waals surface area contributed by atoms with Crippen LogP contribution in [0.4, 0.5) is 0 Å². The molecule has 4 aliphatic rings. The SMILES string of the molecule is COc1ccc(/C=C2\SC3C=CC=CC3=[N+](CC(=O)N3CCC4(CC3)OCCO4)C2=O)cc1. The maximum Gasteiger partial charge on any atom is 0.426 e. The highest BCUT2D eigenvalue weighted by atomic mass is 32.2. The second-order valence-electron chi connectivity index (χ2n) is 8.37. The number of ether oxygens (including phenoxy) is 3. The van der Waals surface area contributed by atoms with E-state index in [0.717, 1.165) is 17.0 Å². The number of rotatable bonds is 4. The van der Waals surface area contributed by atoms with Gasteiger partial charge in [0.15, 0.2) is 5.79 Å². The van der Waals surface area contributed by atoms with Crippen molar-refractivity contribution < 1.29 is 28.4 Å². The van der Waals surface area contributed by atoms with E-state index < -0.39 is 5.79 Å². The number of amides is 2. The first kappa shape index (κ1) is 22.1. The van der Waals surface area contributed by atoms with E-state index in [1.54, 1.807) is 11.7 Å². The smallest absolute Gasteiger partial charge is 0.426 e. The Kier molecular flexibility index (Phi) is 6.23. The average Bonchev–Trinajstić information content (AvgIpc) is 3.30. The zero-order chi connectivity index (χ0) is 22.8. The molecular weight excluding hydrogens is 440 g/mol. The summed E-state index contributed by atoms with van der Waals surface area (Å²) in [7, 11) is 1.62. The minimum absolute atomic E-state index is 0.00471. The number of methoxy groups -OCH3 is 1. The molecule has 0 bridgehead atoms. The Labute approximate surface area is 197 Å². The van der Waals surface area contributed by atoms with Crippen LogP contribution in [0.25, 0.3) is 6.08 Å². The first-order chi connectivity index (χ1) is 16.1. The van der Waals surface area contributed by atoms with Gasteiger partial charge in [0.25, 0.3) is 5.91 Å². The summed E-state index contributed by atoms with van der Waals surface area (Å²) in [5.41, 5.74) is 1.76. The molecule has 1 atom stereocenters. The van der Waals surface area contributed by atoms with Crippen molar-refractivity contribution in [2.45, 2.75) is 23.9 Å². The van der Waals surface area contributed by atoms with Gasteiger partial charge in [-0.3, -0.25) is 4.79 Å². The normalized spacial score (nSPS) is 25.1. The lowest BCUT2D eigenvalue weighted by Gasteiger charge is -2.37. The lowest BCUT2D eigenvalue weighted by molar-refractivity contribution is -0.435. The number of carbonyl (C=O) groups excluding carboxylic acids is 2. The second-order valence-corrected chi connectivity index (χ2v) is 9.55. The topological polar surface area (TPSA) is 68.1 Å². The highest BCUT2D eigenvalue weighted by Gasteiger charge is 2.43. The number of allylic oxidation sites excluding steroid dienone is 3. The van der Waals surface area contributed by atoms with Crippen LogP contribution in [0.5, 0.6) is 5.75 Å². The Morgan fingerprint density at radius 3 is 2.64 bits per heavy atom. The van der Waals surface area contributed by atoms with E-state index in [1.165, 1.54) is 11.8 Å². The highest BCUT2D eigenvalue weighted by Crippen LogP contribution is 2.34. The van der Waals surface area contributed by atoms with Crippen molar-refractivity contribution in [3.05, 3.63) is 59.0 Å². The van der Waals surface area contributed by atoms with Crippen LogP contribution in [0.2, 0.25) is 0 Å². The van der Waals surface area contributed by atoms with Gasteiger partial charge in [0.1, 0.15) is 15.9 Å². The van der Waals surface area contributed by atoms with Crippen LogP contribution >= 0.6 is 11.8 Å². The summed E-state index contributed by atoms with van der Waals surface area (Å²) in [6.45, 7) is 2.38. The maximum atomic E-state index is 13.5. The van der Waals surface area contributed by atoms with Crippen molar-refractivity contribution in [3.8, 4) is 5.75 Å². The molecule has 0 N–H and O–H groups in total. The van der Waals surface area contributed by atoms with E-state index in [9.17, 15) is 9.59 Å². The number of hydrogen-bond acceptors (Lipinski definition) is 6. The number of fused-ring (bicyclic) bond motifs is 1. The van der Waals surface area contributed by atoms with Gasteiger partial charge < -0.3 is 19.1 Å². The van der Waals surface area contributed by atoms with Gasteiger partial charge in [-0.25, -0.2) is 4.79 Å². The summed E-state index contributed by atoms with van der Waals surface area (Å²) in [6, 6.07) is 7.57. The zero-order valence-corrected chi connectivity index (χ0v) is 19.4. The third-order valence-electron chi connectivity index (χ3n) is 6.38. The fourth-order valence-electron chi connectivity index (χ4n) is 4.52. The number of thioether (sulfide) groups is 1. The molecule has 3 heterocycles. The van der Waals surface area contributed by atoms with Crippen LogP contribution in [0.15, 0.2) is 53.5 Å². The molecule has 2 fully saturated rings. The van der Waals surface area contributed by atoms with Crippen LogP contribution in [0, 0.1) is 0 Å². The molecule has 2 saturated heterocycles. The summed E-state index contributed by atoms with van der Waals surface area (Å²) >= 11 is 1.51. The van der Waals surface area contributed by atoms with Gasteiger partial charge in [0.2, 0.25) is 12.3 Å². The highest BCUT2D eigenvalue weighted by molar-refractivity contribution is 8.05. The van der Waals surface area contributed by atoms with Crippen LogP contribution in [0.3, 0.4) is 0 Å². The molecule has 1 aromatic rings. The fraction of sp³-hybridized carbons (Fsp3) is 0.400. The van der Waals surface area contributed by atoms with Crippen LogP contribution in [0.1, 0.15) is 18.4 Å². The number of hydrogen-bond donors (Lipinski definition) is 0. The summed E-state index contributed by atoms with van der Waals surface area (Å²) in [4.78, 5) is 29.1. The van der Waals surface area contributed by atoms with E-state index in [-0.39, 0.29) is 23.6 Å². The summed E-state index contributed by atoms with van der Waals surface area (Å²) < 4.78 is 18.4. The van der Waals surface area contributed by atoms with E-state index in [0.29, 0.717) is 44.1 Å². The minimum Gasteiger partial charge on any atom is -0.497 e. The molecule has 172 valence electrons. The van der Waals surface area contributed by atoms with E-state index >= 15 is 0 Å². The lowest BCUT2D eigenvalue weighted by Crippen LogP contribution is -2.50. The molecule has 1 spiro atoms. The molecule has 5 rings (SSSR count). The molecule has 0 saturated carbocycles. The van der Waals surface area contributed by atoms with Gasteiger partial charge in [-0.05, 0) is 23.8 Å². The van der Waals surface area contributed by atoms with Crippen LogP contribution < -0.4 is 4.74 Å². The van der Waals surface area contributed by atoms with E-state index in [1.807, 2.05) is 53.5 Å². The lowest BCUT2D eigenvalue weighted by atomic mass is 10.0. The number of piperidine rings is 1. The predicted octanol–water partition coefficient (Wildman–Crippen LogP) is 2.62. The Morgan fingerprint density at radius 2 is 1.94 bits per heavy atom. The van der Waals surface area contributed by atoms with Crippen molar-refractivity contribution in [3.63, 3.8) is 0 Å². The third-order valence-corrected chi connectivity index (χ3v) is 7.57. The van der Waals surface area contributed by atoms with E-state index in [4.69, 9.17) is 14.2 Å². The zero-order valence-electron chi connectivity index (χ0n) is 18.6. The molecule has 0 radical (unpaired) electrons. The number of nitrogens with zero attached hydrogens (tertiary/aromatic N) is 2. The monoisotopic (exact) mass is 467 g/mol. The molecule has 3 aliphatic heterocycles. The molecule has 2 amide bonds. The van der Waals surface area contributed by atoms with Gasteiger partial charge in [-0.1, -0.05) is 42.1 Å². The fourth-order valence-corrected chi connectivity index (χ4v) is 5.71. The standard InChI is InChI=1S/C25H27N2O5S/c1-30-19-8-6-18(7-9-19)16-22-24(29)27(20-4-2-3-5-21(20)33-22)17-23(28)26-12-10-25(11-13-26)31-14-15-32-25/h2-9,16,21H,10-15,17H2,1H3/q+1/b22-16-. The third kappa shape index (κ3) is 4.55. The summed E-state index contributed by atoms with van der Waals surface area (Å²) in [5, 5.41) is -0.00471. The minimum atomic E-state index is -0.528. The van der Waals surface area contributed by atoms with Gasteiger partial charge >= 0.3 is 5.91 Å². The second kappa shape index (κ2) is 9.29. The van der Waals surface area contributed by atoms with Crippen molar-refractivity contribution in [1.82, 2.24) is 4.90 Å². The first-order valence-corrected chi connectivity index (χ1v) is 12.1. The van der Waals surface area contributed by atoms with Crippen molar-refractivity contribution >= 4 is 35.4 Å². The predicted molar refractivity (Wildman–Crippen MR) is 126 cm³/mol. The van der Waals surface area contributed by atoms with Gasteiger partial charge in [-0.2, -0.15) is 0 Å². The molecule has 1 unspecified atom stereocenters. The number of likely N-dealkylation sites (tertiary alicyclic amines) is 1. The van der Waals surface area contributed by atoms with Crippen molar-refractivity contribution in [2.75, 3.05) is 40.0 Å². The molecule has 33 heavy (non-hydrogen) atoms. The first-order valence-electron chi connectivity index (χ1n) is 11.2. The van der Waals surface area contributed by atoms with Gasteiger partial charge in [0, 0.05) is 32.0 Å². The Bertz CT molecular complexity index is 1060. The summed E-state index contributed by atoms with van der Waals surface area (Å²) in [6.07, 6.45) is 11.1. The average molecular weight is 468 g/mol. The van der Waals surface area contributed by atoms with Crippen molar-refractivity contribution in [2.24, 2.45) is 0 Å². The molecule has 7 nitrogen and oxygen atoms in total. The quantitative estimate of drug-likeness (QED) is 0.501. The van der Waals surface area contributed by atoms with Crippen LogP contribution in [-0.4, -0.2) is 78.0 Å². The van der Waals surface area contributed by atoms with Crippen LogP contribution in [-0.2, 0) is 19.1 Å². The molecule has 0 aromatic heterocycles. The van der Waals surface area contributed by atoms with E-state index in [2.05, 4.69) is 6.08 Å². The van der Waals surface area contributed by atoms with Crippen molar-refractivity contribution in [1.29, 1.82) is 0 Å².